The summed E-state index contributed by atoms with van der Waals surface area (Å²) in [5.41, 5.74) is 4.82. The lowest BCUT2D eigenvalue weighted by Crippen LogP contribution is -2.47. The number of aromatic amines is 1. The van der Waals surface area contributed by atoms with Crippen LogP contribution in [-0.2, 0) is 13.6 Å². The average Bonchev–Trinajstić information content (AvgIpc) is 3.71. The number of urea groups is 1. The van der Waals surface area contributed by atoms with Gasteiger partial charge in [0.05, 0.1) is 36.0 Å². The standard InChI is InChI=1S/C32H36N12O/c1-4-9-26(12-8-13-34-31-37-17-24(15-33)30(40-31)27-14-22(2)41-42-27)44(32(45)38-16-23-10-6-5-7-11-23)29-20-35-28(19-36-29)25-18-39-43(3)21-25/h5-7,10-11,14,17-21,26H,4,8-9,12-13,16H2,1-3H3,(H,38,45)(H,41,42)(H,34,37,40). The lowest BCUT2D eigenvalue weighted by molar-refractivity contribution is 0.242. The fourth-order valence-corrected chi connectivity index (χ4v) is 5.02. The molecule has 0 aliphatic heterocycles. The number of carbonyl (C=O) groups is 1. The van der Waals surface area contributed by atoms with E-state index in [0.717, 1.165) is 36.1 Å². The molecule has 0 saturated heterocycles. The summed E-state index contributed by atoms with van der Waals surface area (Å²) >= 11 is 0. The summed E-state index contributed by atoms with van der Waals surface area (Å²) in [6.07, 6.45) is 11.5. The van der Waals surface area contributed by atoms with Crippen LogP contribution in [0.5, 0.6) is 0 Å². The summed E-state index contributed by atoms with van der Waals surface area (Å²) in [5.74, 6) is 0.889. The molecule has 0 bridgehead atoms. The van der Waals surface area contributed by atoms with Gasteiger partial charge in [-0.3, -0.25) is 19.7 Å². The van der Waals surface area contributed by atoms with Gasteiger partial charge in [-0.15, -0.1) is 0 Å². The van der Waals surface area contributed by atoms with Crippen molar-refractivity contribution in [2.24, 2.45) is 7.05 Å². The van der Waals surface area contributed by atoms with Crippen LogP contribution in [0.15, 0.2) is 67.4 Å². The van der Waals surface area contributed by atoms with Gasteiger partial charge in [0, 0.05) is 43.6 Å². The van der Waals surface area contributed by atoms with Crippen LogP contribution in [-0.4, -0.2) is 58.5 Å². The Hall–Kier alpha value is -5.64. The second kappa shape index (κ2) is 14.7. The van der Waals surface area contributed by atoms with Crippen molar-refractivity contribution in [3.63, 3.8) is 0 Å². The third-order valence-corrected chi connectivity index (χ3v) is 7.23. The molecule has 4 heterocycles. The van der Waals surface area contributed by atoms with E-state index in [-0.39, 0.29) is 12.1 Å². The highest BCUT2D eigenvalue weighted by Crippen LogP contribution is 2.24. The van der Waals surface area contributed by atoms with E-state index in [9.17, 15) is 10.1 Å². The first kappa shape index (κ1) is 30.8. The zero-order chi connectivity index (χ0) is 31.6. The summed E-state index contributed by atoms with van der Waals surface area (Å²) in [7, 11) is 1.85. The van der Waals surface area contributed by atoms with Crippen LogP contribution in [0.3, 0.4) is 0 Å². The summed E-state index contributed by atoms with van der Waals surface area (Å²) in [6, 6.07) is 13.4. The van der Waals surface area contributed by atoms with Crippen LogP contribution in [0.1, 0.15) is 49.4 Å². The van der Waals surface area contributed by atoms with Gasteiger partial charge in [0.2, 0.25) is 5.95 Å². The van der Waals surface area contributed by atoms with Gasteiger partial charge in [-0.25, -0.2) is 19.7 Å². The highest BCUT2D eigenvalue weighted by Gasteiger charge is 2.26. The second-order valence-electron chi connectivity index (χ2n) is 10.7. The number of benzene rings is 1. The van der Waals surface area contributed by atoms with Crippen molar-refractivity contribution in [1.82, 2.24) is 45.2 Å². The molecule has 2 amide bonds. The van der Waals surface area contributed by atoms with Gasteiger partial charge in [0.25, 0.3) is 0 Å². The topological polar surface area (TPSA) is 166 Å². The van der Waals surface area contributed by atoms with Crippen molar-refractivity contribution >= 4 is 17.8 Å². The number of carbonyl (C=O) groups excluding carboxylic acids is 1. The van der Waals surface area contributed by atoms with Crippen LogP contribution < -0.4 is 15.5 Å². The molecule has 0 spiro atoms. The van der Waals surface area contributed by atoms with Crippen molar-refractivity contribution in [3.05, 3.63) is 84.2 Å². The molecule has 0 fully saturated rings. The Morgan fingerprint density at radius 3 is 2.60 bits per heavy atom. The average molecular weight is 605 g/mol. The maximum absolute atomic E-state index is 13.7. The van der Waals surface area contributed by atoms with Crippen molar-refractivity contribution in [1.29, 1.82) is 5.26 Å². The zero-order valence-corrected chi connectivity index (χ0v) is 25.6. The van der Waals surface area contributed by atoms with E-state index in [2.05, 4.69) is 58.9 Å². The number of anilines is 2. The lowest BCUT2D eigenvalue weighted by atomic mass is 10.0. The van der Waals surface area contributed by atoms with E-state index in [0.29, 0.717) is 53.9 Å². The summed E-state index contributed by atoms with van der Waals surface area (Å²) in [5, 5.41) is 27.2. The predicted octanol–water partition coefficient (Wildman–Crippen LogP) is 5.01. The van der Waals surface area contributed by atoms with Crippen LogP contribution in [0.2, 0.25) is 0 Å². The van der Waals surface area contributed by atoms with Crippen molar-refractivity contribution < 1.29 is 4.79 Å². The van der Waals surface area contributed by atoms with E-state index in [4.69, 9.17) is 0 Å². The Kier molecular flexibility index (Phi) is 10.1. The zero-order valence-electron chi connectivity index (χ0n) is 25.6. The number of aryl methyl sites for hydroxylation is 2. The van der Waals surface area contributed by atoms with Gasteiger partial charge < -0.3 is 10.6 Å². The Morgan fingerprint density at radius 1 is 1.09 bits per heavy atom. The molecule has 0 radical (unpaired) electrons. The number of H-pyrrole nitrogens is 1. The van der Waals surface area contributed by atoms with Crippen molar-refractivity contribution in [2.45, 2.75) is 52.1 Å². The quantitative estimate of drug-likeness (QED) is 0.156. The van der Waals surface area contributed by atoms with Gasteiger partial charge in [-0.05, 0) is 37.8 Å². The molecule has 13 heteroatoms. The van der Waals surface area contributed by atoms with Gasteiger partial charge >= 0.3 is 6.03 Å². The first-order valence-electron chi connectivity index (χ1n) is 14.9. The summed E-state index contributed by atoms with van der Waals surface area (Å²) < 4.78 is 1.71. The molecule has 5 aromatic rings. The fraction of sp³-hybridized carbons (Fsp3) is 0.312. The molecule has 1 atom stereocenters. The first-order chi connectivity index (χ1) is 21.9. The molecule has 45 heavy (non-hydrogen) atoms. The Bertz CT molecular complexity index is 1740. The number of hydrogen-bond acceptors (Lipinski definition) is 9. The lowest BCUT2D eigenvalue weighted by Gasteiger charge is -2.31. The molecule has 0 saturated carbocycles. The number of aromatic nitrogens is 8. The Morgan fingerprint density at radius 2 is 1.93 bits per heavy atom. The minimum Gasteiger partial charge on any atom is -0.354 e. The van der Waals surface area contributed by atoms with E-state index >= 15 is 0 Å². The molecule has 1 unspecified atom stereocenters. The summed E-state index contributed by atoms with van der Waals surface area (Å²) in [6.45, 7) is 4.95. The molecular weight excluding hydrogens is 568 g/mol. The fourth-order valence-electron chi connectivity index (χ4n) is 5.02. The normalized spacial score (nSPS) is 11.5. The van der Waals surface area contributed by atoms with E-state index < -0.39 is 0 Å². The minimum atomic E-state index is -0.233. The van der Waals surface area contributed by atoms with Crippen LogP contribution in [0, 0.1) is 18.3 Å². The van der Waals surface area contributed by atoms with Gasteiger partial charge in [-0.2, -0.15) is 15.5 Å². The number of nitriles is 1. The molecule has 0 aliphatic carbocycles. The maximum Gasteiger partial charge on any atom is 0.323 e. The highest BCUT2D eigenvalue weighted by molar-refractivity contribution is 5.91. The summed E-state index contributed by atoms with van der Waals surface area (Å²) in [4.78, 5) is 33.6. The molecule has 3 N–H and O–H groups in total. The van der Waals surface area contributed by atoms with Gasteiger partial charge in [-0.1, -0.05) is 43.7 Å². The minimum absolute atomic E-state index is 0.129. The molecular formula is C32H36N12O. The van der Waals surface area contributed by atoms with E-state index in [1.807, 2.05) is 56.6 Å². The first-order valence-corrected chi connectivity index (χ1v) is 14.9. The second-order valence-corrected chi connectivity index (χ2v) is 10.7. The molecule has 5 rings (SSSR count). The highest BCUT2D eigenvalue weighted by atomic mass is 16.2. The Balaban J connectivity index is 1.30. The SMILES string of the molecule is CCCC(CCCNc1ncc(C#N)c(-c2cc(C)[nH]n2)n1)N(C(=O)NCc1ccccc1)c1cnc(-c2cnn(C)c2)cn1. The molecule has 4 aromatic heterocycles. The number of amides is 2. The largest absolute Gasteiger partial charge is 0.354 e. The maximum atomic E-state index is 13.7. The van der Waals surface area contributed by atoms with Crippen LogP contribution >= 0.6 is 0 Å². The number of rotatable bonds is 13. The number of nitrogens with one attached hydrogen (secondary N) is 3. The molecule has 1 aromatic carbocycles. The van der Waals surface area contributed by atoms with E-state index in [1.54, 1.807) is 28.2 Å². The van der Waals surface area contributed by atoms with Gasteiger partial charge in [0.15, 0.2) is 5.82 Å². The monoisotopic (exact) mass is 604 g/mol. The van der Waals surface area contributed by atoms with Crippen molar-refractivity contribution in [2.75, 3.05) is 16.8 Å². The van der Waals surface area contributed by atoms with E-state index in [1.165, 1.54) is 6.20 Å². The van der Waals surface area contributed by atoms with Crippen LogP contribution in [0.25, 0.3) is 22.6 Å². The molecule has 13 nitrogen and oxygen atoms in total. The number of nitrogens with zero attached hydrogens (tertiary/aromatic N) is 9. The number of hydrogen-bond donors (Lipinski definition) is 3. The smallest absolute Gasteiger partial charge is 0.323 e. The van der Waals surface area contributed by atoms with Crippen LogP contribution in [0.4, 0.5) is 16.6 Å². The third kappa shape index (κ3) is 7.85. The molecule has 0 aliphatic rings. The Labute approximate surface area is 261 Å². The third-order valence-electron chi connectivity index (χ3n) is 7.23. The predicted molar refractivity (Wildman–Crippen MR) is 171 cm³/mol. The molecule has 230 valence electrons. The van der Waals surface area contributed by atoms with Gasteiger partial charge in [0.1, 0.15) is 17.5 Å². The van der Waals surface area contributed by atoms with Crippen molar-refractivity contribution in [3.8, 4) is 28.7 Å².